The van der Waals surface area contributed by atoms with E-state index in [1.807, 2.05) is 0 Å². The van der Waals surface area contributed by atoms with Crippen LogP contribution in [0.5, 0.6) is 0 Å². The Hall–Kier alpha value is -0.820. The summed E-state index contributed by atoms with van der Waals surface area (Å²) in [7, 11) is 0. The fourth-order valence-corrected chi connectivity index (χ4v) is 3.37. The molecule has 2 aliphatic rings. The molecule has 7 heteroatoms. The molecule has 0 bridgehead atoms. The van der Waals surface area contributed by atoms with Crippen LogP contribution in [-0.4, -0.2) is 48.7 Å². The van der Waals surface area contributed by atoms with Gasteiger partial charge in [-0.1, -0.05) is 12.8 Å². The molecule has 21 heavy (non-hydrogen) atoms. The molecule has 2 fully saturated rings. The highest BCUT2D eigenvalue weighted by Gasteiger charge is 2.35. The highest BCUT2D eigenvalue weighted by Crippen LogP contribution is 2.30. The lowest BCUT2D eigenvalue weighted by molar-refractivity contribution is -0.143. The van der Waals surface area contributed by atoms with Crippen molar-refractivity contribution in [2.45, 2.75) is 50.2 Å². The third-order valence-electron chi connectivity index (χ3n) is 4.47. The van der Waals surface area contributed by atoms with Gasteiger partial charge in [0.15, 0.2) is 0 Å². The zero-order valence-corrected chi connectivity index (χ0v) is 12.2. The number of rotatable bonds is 5. The molecule has 0 aromatic heterocycles. The quantitative estimate of drug-likeness (QED) is 0.812. The number of amides is 1. The second-order valence-electron chi connectivity index (χ2n) is 6.56. The summed E-state index contributed by atoms with van der Waals surface area (Å²) in [5.41, 5.74) is 5.77. The van der Waals surface area contributed by atoms with E-state index in [4.69, 9.17) is 5.73 Å². The van der Waals surface area contributed by atoms with E-state index in [0.29, 0.717) is 32.5 Å². The average molecular weight is 307 g/mol. The topological polar surface area (TPSA) is 58.4 Å². The lowest BCUT2D eigenvalue weighted by atomic mass is 9.94. The number of hydrogen-bond acceptors (Lipinski definition) is 3. The number of nitrogens with two attached hydrogens (primary N) is 1. The minimum absolute atomic E-state index is 0.0753. The summed E-state index contributed by atoms with van der Waals surface area (Å²) in [6.45, 7) is 0.432. The lowest BCUT2D eigenvalue weighted by Gasteiger charge is -2.23. The maximum Gasteiger partial charge on any atom is 0.401 e. The van der Waals surface area contributed by atoms with Crippen molar-refractivity contribution in [2.75, 3.05) is 26.2 Å². The number of nitrogens with zero attached hydrogens (tertiary/aromatic N) is 1. The molecule has 0 aromatic rings. The van der Waals surface area contributed by atoms with Crippen molar-refractivity contribution in [3.8, 4) is 0 Å². The summed E-state index contributed by atoms with van der Waals surface area (Å²) in [5, 5.41) is 2.83. The number of halogens is 3. The molecule has 1 saturated carbocycles. The van der Waals surface area contributed by atoms with Crippen LogP contribution in [0.25, 0.3) is 0 Å². The number of likely N-dealkylation sites (tertiary alicyclic amines) is 1. The van der Waals surface area contributed by atoms with Gasteiger partial charge in [-0.05, 0) is 31.7 Å². The number of nitrogens with one attached hydrogen (secondary N) is 1. The van der Waals surface area contributed by atoms with E-state index in [2.05, 4.69) is 5.32 Å². The van der Waals surface area contributed by atoms with Crippen molar-refractivity contribution in [2.24, 2.45) is 11.7 Å². The summed E-state index contributed by atoms with van der Waals surface area (Å²) >= 11 is 0. The van der Waals surface area contributed by atoms with Crippen molar-refractivity contribution in [3.05, 3.63) is 0 Å². The van der Waals surface area contributed by atoms with Crippen LogP contribution in [0.3, 0.4) is 0 Å². The monoisotopic (exact) mass is 307 g/mol. The molecule has 4 nitrogen and oxygen atoms in total. The Morgan fingerprint density at radius 3 is 2.62 bits per heavy atom. The third-order valence-corrected chi connectivity index (χ3v) is 4.47. The predicted molar refractivity (Wildman–Crippen MR) is 73.6 cm³/mol. The van der Waals surface area contributed by atoms with Crippen molar-refractivity contribution >= 4 is 5.91 Å². The molecule has 1 saturated heterocycles. The molecule has 1 amide bonds. The van der Waals surface area contributed by atoms with Crippen LogP contribution in [0.4, 0.5) is 13.2 Å². The van der Waals surface area contributed by atoms with Gasteiger partial charge in [0, 0.05) is 25.0 Å². The molecule has 1 atom stereocenters. The SMILES string of the molecule is NC1(CC(=O)NCC2CCN(CC(F)(F)F)C2)CCCC1. The maximum atomic E-state index is 12.3. The van der Waals surface area contributed by atoms with Crippen LogP contribution in [0.2, 0.25) is 0 Å². The van der Waals surface area contributed by atoms with Gasteiger partial charge in [-0.3, -0.25) is 9.69 Å². The molecule has 1 aliphatic carbocycles. The first-order valence-corrected chi connectivity index (χ1v) is 7.60. The molecule has 3 N–H and O–H groups in total. The molecule has 0 radical (unpaired) electrons. The van der Waals surface area contributed by atoms with Gasteiger partial charge in [-0.25, -0.2) is 0 Å². The zero-order chi connectivity index (χ0) is 15.5. The summed E-state index contributed by atoms with van der Waals surface area (Å²) in [5.74, 6) is 0.0299. The smallest absolute Gasteiger partial charge is 0.356 e. The van der Waals surface area contributed by atoms with E-state index in [1.165, 1.54) is 4.90 Å². The minimum Gasteiger partial charge on any atom is -0.356 e. The van der Waals surface area contributed by atoms with E-state index in [0.717, 1.165) is 25.7 Å². The number of alkyl halides is 3. The average Bonchev–Trinajstić information content (AvgIpc) is 2.94. The number of hydrogen-bond donors (Lipinski definition) is 2. The van der Waals surface area contributed by atoms with E-state index in [-0.39, 0.29) is 17.4 Å². The standard InChI is InChI=1S/C14H24F3N3O/c15-14(16,17)10-20-6-3-11(9-20)8-19-12(21)7-13(18)4-1-2-5-13/h11H,1-10,18H2,(H,19,21). The van der Waals surface area contributed by atoms with Gasteiger partial charge >= 0.3 is 6.18 Å². The Kier molecular flexibility index (Phi) is 5.14. The summed E-state index contributed by atoms with van der Waals surface area (Å²) in [6, 6.07) is 0. The normalized spacial score (nSPS) is 26.2. The van der Waals surface area contributed by atoms with Crippen LogP contribution in [0, 0.1) is 5.92 Å². The van der Waals surface area contributed by atoms with Crippen LogP contribution >= 0.6 is 0 Å². The molecule has 122 valence electrons. The first kappa shape index (κ1) is 16.5. The van der Waals surface area contributed by atoms with Gasteiger partial charge < -0.3 is 11.1 Å². The van der Waals surface area contributed by atoms with Gasteiger partial charge in [-0.15, -0.1) is 0 Å². The Morgan fingerprint density at radius 1 is 1.33 bits per heavy atom. The first-order valence-electron chi connectivity index (χ1n) is 7.60. The van der Waals surface area contributed by atoms with Gasteiger partial charge in [-0.2, -0.15) is 13.2 Å². The first-order chi connectivity index (χ1) is 9.76. The highest BCUT2D eigenvalue weighted by molar-refractivity contribution is 5.77. The van der Waals surface area contributed by atoms with E-state index in [9.17, 15) is 18.0 Å². The minimum atomic E-state index is -4.15. The molecule has 2 rings (SSSR count). The van der Waals surface area contributed by atoms with E-state index in [1.54, 1.807) is 0 Å². The molecular formula is C14H24F3N3O. The largest absolute Gasteiger partial charge is 0.401 e. The summed E-state index contributed by atoms with van der Waals surface area (Å²) < 4.78 is 36.9. The molecule has 1 aliphatic heterocycles. The summed E-state index contributed by atoms with van der Waals surface area (Å²) in [6.07, 6.45) is 0.771. The van der Waals surface area contributed by atoms with Crippen molar-refractivity contribution < 1.29 is 18.0 Å². The van der Waals surface area contributed by atoms with Crippen LogP contribution in [0.1, 0.15) is 38.5 Å². The number of carbonyl (C=O) groups excluding carboxylic acids is 1. The van der Waals surface area contributed by atoms with Gasteiger partial charge in [0.1, 0.15) is 0 Å². The van der Waals surface area contributed by atoms with Crippen molar-refractivity contribution in [3.63, 3.8) is 0 Å². The summed E-state index contributed by atoms with van der Waals surface area (Å²) in [4.78, 5) is 13.3. The fourth-order valence-electron chi connectivity index (χ4n) is 3.37. The fraction of sp³-hybridized carbons (Fsp3) is 0.929. The molecule has 0 spiro atoms. The van der Waals surface area contributed by atoms with E-state index >= 15 is 0 Å². The van der Waals surface area contributed by atoms with Gasteiger partial charge in [0.05, 0.1) is 6.54 Å². The Bertz CT molecular complexity index is 367. The molecule has 1 heterocycles. The van der Waals surface area contributed by atoms with Crippen molar-refractivity contribution in [1.82, 2.24) is 10.2 Å². The zero-order valence-electron chi connectivity index (χ0n) is 12.2. The Balaban J connectivity index is 1.66. The second-order valence-corrected chi connectivity index (χ2v) is 6.56. The van der Waals surface area contributed by atoms with E-state index < -0.39 is 12.7 Å². The Labute approximate surface area is 123 Å². The molecule has 1 unspecified atom stereocenters. The predicted octanol–water partition coefficient (Wildman–Crippen LogP) is 1.65. The second kappa shape index (κ2) is 6.52. The van der Waals surface area contributed by atoms with Crippen LogP contribution < -0.4 is 11.1 Å². The van der Waals surface area contributed by atoms with Gasteiger partial charge in [0.2, 0.25) is 5.91 Å². The lowest BCUT2D eigenvalue weighted by Crippen LogP contribution is -2.43. The van der Waals surface area contributed by atoms with Crippen LogP contribution in [0.15, 0.2) is 0 Å². The molecular weight excluding hydrogens is 283 g/mol. The number of carbonyl (C=O) groups is 1. The maximum absolute atomic E-state index is 12.3. The third kappa shape index (κ3) is 5.47. The van der Waals surface area contributed by atoms with Gasteiger partial charge in [0.25, 0.3) is 0 Å². The molecule has 0 aromatic carbocycles. The highest BCUT2D eigenvalue weighted by atomic mass is 19.4. The van der Waals surface area contributed by atoms with Crippen LogP contribution in [-0.2, 0) is 4.79 Å². The Morgan fingerprint density at radius 2 is 2.00 bits per heavy atom. The van der Waals surface area contributed by atoms with Crippen molar-refractivity contribution in [1.29, 1.82) is 0 Å².